The molecule has 0 spiro atoms. The van der Waals surface area contributed by atoms with Crippen molar-refractivity contribution < 1.29 is 19.1 Å². The zero-order chi connectivity index (χ0) is 14.8. The summed E-state index contributed by atoms with van der Waals surface area (Å²) in [5, 5.41) is 0. The Morgan fingerprint density at radius 1 is 1.14 bits per heavy atom. The number of methoxy groups -OCH3 is 1. The van der Waals surface area contributed by atoms with Crippen LogP contribution >= 0.6 is 0 Å². The zero-order valence-corrected chi connectivity index (χ0v) is 11.5. The first kappa shape index (κ1) is 13.4. The van der Waals surface area contributed by atoms with Crippen LogP contribution in [0.5, 0.6) is 5.75 Å². The molecule has 0 fully saturated rings. The number of aldehydes is 1. The Morgan fingerprint density at radius 3 is 2.57 bits per heavy atom. The predicted octanol–water partition coefficient (Wildman–Crippen LogP) is 2.89. The van der Waals surface area contributed by atoms with Gasteiger partial charge < -0.3 is 9.47 Å². The number of hydrogen-bond donors (Lipinski definition) is 0. The minimum atomic E-state index is -0.631. The normalized spacial score (nSPS) is 19.5. The van der Waals surface area contributed by atoms with Crippen molar-refractivity contribution in [3.8, 4) is 5.75 Å². The van der Waals surface area contributed by atoms with Crippen molar-refractivity contribution >= 4 is 12.3 Å². The molecule has 2 aromatic rings. The third-order valence-corrected chi connectivity index (χ3v) is 3.68. The number of benzene rings is 2. The van der Waals surface area contributed by atoms with Gasteiger partial charge in [0.1, 0.15) is 24.1 Å². The number of carbonyl (C=O) groups excluding carboxylic acids is 2. The second-order valence-electron chi connectivity index (χ2n) is 4.83. The first-order valence-electron chi connectivity index (χ1n) is 6.63. The Labute approximate surface area is 122 Å². The molecule has 0 bridgehead atoms. The number of ether oxygens (including phenoxy) is 2. The van der Waals surface area contributed by atoms with Crippen LogP contribution in [-0.2, 0) is 9.53 Å². The molecular weight excluding hydrogens is 268 g/mol. The van der Waals surface area contributed by atoms with Crippen LogP contribution in [-0.4, -0.2) is 19.4 Å². The number of fused-ring (bicyclic) bond motifs is 1. The average molecular weight is 282 g/mol. The maximum atomic E-state index is 12.2. The van der Waals surface area contributed by atoms with Crippen LogP contribution < -0.4 is 4.74 Å². The van der Waals surface area contributed by atoms with E-state index in [1.807, 2.05) is 30.3 Å². The van der Waals surface area contributed by atoms with Gasteiger partial charge >= 0.3 is 5.97 Å². The van der Waals surface area contributed by atoms with Gasteiger partial charge in [0.05, 0.1) is 7.11 Å². The molecule has 1 aliphatic heterocycles. The van der Waals surface area contributed by atoms with E-state index < -0.39 is 18.0 Å². The van der Waals surface area contributed by atoms with E-state index in [0.29, 0.717) is 16.9 Å². The van der Waals surface area contributed by atoms with Gasteiger partial charge in [-0.25, -0.2) is 0 Å². The maximum Gasteiger partial charge on any atom is 0.317 e. The highest BCUT2D eigenvalue weighted by Gasteiger charge is 2.42. The Morgan fingerprint density at radius 2 is 1.90 bits per heavy atom. The van der Waals surface area contributed by atoms with Crippen LogP contribution in [0.1, 0.15) is 33.5 Å². The van der Waals surface area contributed by atoms with Crippen LogP contribution in [0.4, 0.5) is 0 Å². The van der Waals surface area contributed by atoms with E-state index in [0.717, 1.165) is 11.8 Å². The molecule has 1 heterocycles. The van der Waals surface area contributed by atoms with Crippen LogP contribution in [0.3, 0.4) is 0 Å². The molecular formula is C17H14O4. The lowest BCUT2D eigenvalue weighted by Gasteiger charge is -2.17. The standard InChI is InChI=1S/C17H14O4/c1-20-17(19)15-14-12(10-18)8-5-9-13(14)21-16(15)11-6-3-2-4-7-11/h2-10,15-16H,1H3/t15-,16-/m1/s1. The highest BCUT2D eigenvalue weighted by atomic mass is 16.5. The highest BCUT2D eigenvalue weighted by Crippen LogP contribution is 2.47. The third kappa shape index (κ3) is 2.18. The fourth-order valence-electron chi connectivity index (χ4n) is 2.73. The first-order chi connectivity index (χ1) is 10.3. The van der Waals surface area contributed by atoms with Crippen molar-refractivity contribution in [2.24, 2.45) is 0 Å². The minimum absolute atomic E-state index is 0.406. The summed E-state index contributed by atoms with van der Waals surface area (Å²) < 4.78 is 10.8. The molecule has 0 N–H and O–H groups in total. The van der Waals surface area contributed by atoms with Crippen molar-refractivity contribution in [1.29, 1.82) is 0 Å². The topological polar surface area (TPSA) is 52.6 Å². The largest absolute Gasteiger partial charge is 0.484 e. The summed E-state index contributed by atoms with van der Waals surface area (Å²) in [4.78, 5) is 23.5. The van der Waals surface area contributed by atoms with E-state index in [2.05, 4.69) is 0 Å². The number of hydrogen-bond acceptors (Lipinski definition) is 4. The average Bonchev–Trinajstić information content (AvgIpc) is 2.94. The molecule has 0 radical (unpaired) electrons. The second-order valence-corrected chi connectivity index (χ2v) is 4.83. The number of carbonyl (C=O) groups is 2. The van der Waals surface area contributed by atoms with Gasteiger partial charge in [0.2, 0.25) is 0 Å². The molecule has 0 saturated heterocycles. The van der Waals surface area contributed by atoms with Gasteiger partial charge in [-0.15, -0.1) is 0 Å². The first-order valence-corrected chi connectivity index (χ1v) is 6.63. The fraction of sp³-hybridized carbons (Fsp3) is 0.176. The van der Waals surface area contributed by atoms with Crippen LogP contribution in [0.15, 0.2) is 48.5 Å². The molecule has 0 unspecified atom stereocenters. The zero-order valence-electron chi connectivity index (χ0n) is 11.5. The van der Waals surface area contributed by atoms with E-state index in [1.54, 1.807) is 18.2 Å². The van der Waals surface area contributed by atoms with E-state index in [4.69, 9.17) is 9.47 Å². The van der Waals surface area contributed by atoms with Gasteiger partial charge in [0, 0.05) is 11.1 Å². The summed E-state index contributed by atoms with van der Waals surface area (Å²) in [5.41, 5.74) is 1.94. The number of rotatable bonds is 3. The summed E-state index contributed by atoms with van der Waals surface area (Å²) in [6.45, 7) is 0. The molecule has 2 aromatic carbocycles. The summed E-state index contributed by atoms with van der Waals surface area (Å²) in [5.74, 6) is -0.477. The lowest BCUT2D eigenvalue weighted by Crippen LogP contribution is -2.20. The van der Waals surface area contributed by atoms with E-state index in [1.165, 1.54) is 7.11 Å². The van der Waals surface area contributed by atoms with Gasteiger partial charge in [-0.3, -0.25) is 9.59 Å². The van der Waals surface area contributed by atoms with Crippen LogP contribution in [0.25, 0.3) is 0 Å². The lowest BCUT2D eigenvalue weighted by atomic mass is 9.88. The minimum Gasteiger partial charge on any atom is -0.484 e. The second kappa shape index (κ2) is 5.40. The molecule has 1 aliphatic rings. The molecule has 4 nitrogen and oxygen atoms in total. The molecule has 2 atom stereocenters. The summed E-state index contributed by atoms with van der Waals surface area (Å²) in [6, 6.07) is 14.6. The van der Waals surface area contributed by atoms with Crippen LogP contribution in [0, 0.1) is 0 Å². The SMILES string of the molecule is COC(=O)[C@@H]1c2c(C=O)cccc2O[C@@H]1c1ccccc1. The predicted molar refractivity (Wildman–Crippen MR) is 76.4 cm³/mol. The van der Waals surface area contributed by atoms with Crippen molar-refractivity contribution in [2.75, 3.05) is 7.11 Å². The van der Waals surface area contributed by atoms with Crippen molar-refractivity contribution in [1.82, 2.24) is 0 Å². The van der Waals surface area contributed by atoms with Gasteiger partial charge in [-0.1, -0.05) is 42.5 Å². The maximum absolute atomic E-state index is 12.2. The Hall–Kier alpha value is -2.62. The Kier molecular flexibility index (Phi) is 3.44. The van der Waals surface area contributed by atoms with Crippen molar-refractivity contribution in [2.45, 2.75) is 12.0 Å². The molecule has 0 amide bonds. The fourth-order valence-corrected chi connectivity index (χ4v) is 2.73. The monoisotopic (exact) mass is 282 g/mol. The summed E-state index contributed by atoms with van der Waals surface area (Å²) >= 11 is 0. The van der Waals surface area contributed by atoms with Gasteiger partial charge in [0.25, 0.3) is 0 Å². The molecule has 0 saturated carbocycles. The molecule has 21 heavy (non-hydrogen) atoms. The van der Waals surface area contributed by atoms with E-state index in [-0.39, 0.29) is 0 Å². The third-order valence-electron chi connectivity index (χ3n) is 3.68. The van der Waals surface area contributed by atoms with Gasteiger partial charge in [-0.05, 0) is 11.6 Å². The Balaban J connectivity index is 2.13. The van der Waals surface area contributed by atoms with Gasteiger partial charge in [-0.2, -0.15) is 0 Å². The molecule has 106 valence electrons. The van der Waals surface area contributed by atoms with E-state index >= 15 is 0 Å². The van der Waals surface area contributed by atoms with E-state index in [9.17, 15) is 9.59 Å². The quantitative estimate of drug-likeness (QED) is 0.641. The van der Waals surface area contributed by atoms with Crippen LogP contribution in [0.2, 0.25) is 0 Å². The van der Waals surface area contributed by atoms with Crippen molar-refractivity contribution in [3.63, 3.8) is 0 Å². The smallest absolute Gasteiger partial charge is 0.317 e. The Bertz CT molecular complexity index is 678. The van der Waals surface area contributed by atoms with Crippen molar-refractivity contribution in [3.05, 3.63) is 65.2 Å². The van der Waals surface area contributed by atoms with Gasteiger partial charge in [0.15, 0.2) is 0 Å². The lowest BCUT2D eigenvalue weighted by molar-refractivity contribution is -0.144. The highest BCUT2D eigenvalue weighted by molar-refractivity contribution is 5.88. The summed E-state index contributed by atoms with van der Waals surface area (Å²) in [6.07, 6.45) is 0.264. The number of esters is 1. The molecule has 4 heteroatoms. The molecule has 0 aromatic heterocycles. The molecule has 0 aliphatic carbocycles. The molecule has 3 rings (SSSR count). The summed E-state index contributed by atoms with van der Waals surface area (Å²) in [7, 11) is 1.34.